The van der Waals surface area contributed by atoms with Crippen molar-refractivity contribution in [2.45, 2.75) is 25.2 Å². The third-order valence-electron chi connectivity index (χ3n) is 4.34. The molecule has 2 aliphatic rings. The molecule has 3 aromatic heterocycles. The first kappa shape index (κ1) is 11.7. The predicted molar refractivity (Wildman–Crippen MR) is 77.0 cm³/mol. The minimum atomic E-state index is -0.470. The fraction of sp³-hybridized carbons (Fsp3) is 0.286. The molecule has 0 radical (unpaired) electrons. The molecule has 5 rings (SSSR count). The highest BCUT2D eigenvalue weighted by atomic mass is 16.2. The number of nitrogens with one attached hydrogen (secondary N) is 2. The van der Waals surface area contributed by atoms with E-state index in [9.17, 15) is 4.79 Å². The number of H-pyrrole nitrogens is 1. The van der Waals surface area contributed by atoms with E-state index in [4.69, 9.17) is 0 Å². The zero-order valence-corrected chi connectivity index (χ0v) is 11.7. The molecule has 0 atom stereocenters. The highest BCUT2D eigenvalue weighted by Crippen LogP contribution is 2.53. The van der Waals surface area contributed by atoms with Crippen molar-refractivity contribution in [2.24, 2.45) is 0 Å². The molecule has 1 spiro atoms. The maximum Gasteiger partial charge on any atom is 0.238 e. The summed E-state index contributed by atoms with van der Waals surface area (Å²) < 4.78 is 0. The van der Waals surface area contributed by atoms with Crippen molar-refractivity contribution >= 4 is 22.8 Å². The number of amides is 1. The Hall–Kier alpha value is -2.90. The standard InChI is InChI=1S/C14H11N7O/c1-6-2-3-7-8(18-20-10(7)15-6)11-16-12-9(19-21-11)14(4-5-14)13(22)17-12/h2-3H,4-5H2,1H3,(H,15,18,20)(H,16,17,21,22). The number of hydrogen-bond acceptors (Lipinski definition) is 6. The lowest BCUT2D eigenvalue weighted by molar-refractivity contribution is -0.117. The van der Waals surface area contributed by atoms with Crippen LogP contribution in [0.3, 0.4) is 0 Å². The number of aromatic nitrogens is 6. The molecule has 22 heavy (non-hydrogen) atoms. The Morgan fingerprint density at radius 2 is 2.05 bits per heavy atom. The number of pyridine rings is 1. The Labute approximate surface area is 124 Å². The average Bonchev–Trinajstić information content (AvgIpc) is 3.13. The van der Waals surface area contributed by atoms with E-state index >= 15 is 0 Å². The molecule has 0 bridgehead atoms. The van der Waals surface area contributed by atoms with E-state index in [-0.39, 0.29) is 5.91 Å². The van der Waals surface area contributed by atoms with Crippen molar-refractivity contribution in [3.8, 4) is 11.5 Å². The molecule has 0 saturated heterocycles. The minimum absolute atomic E-state index is 0.0202. The number of anilines is 1. The van der Waals surface area contributed by atoms with Gasteiger partial charge in [0.05, 0.1) is 10.8 Å². The van der Waals surface area contributed by atoms with Crippen molar-refractivity contribution in [3.05, 3.63) is 23.5 Å². The monoisotopic (exact) mass is 293 g/mol. The van der Waals surface area contributed by atoms with Crippen LogP contribution >= 0.6 is 0 Å². The van der Waals surface area contributed by atoms with Crippen LogP contribution in [-0.2, 0) is 10.2 Å². The van der Waals surface area contributed by atoms with E-state index in [2.05, 4.69) is 35.7 Å². The summed E-state index contributed by atoms with van der Waals surface area (Å²) in [6, 6.07) is 3.83. The van der Waals surface area contributed by atoms with Gasteiger partial charge in [-0.1, -0.05) is 0 Å². The Morgan fingerprint density at radius 1 is 1.18 bits per heavy atom. The molecule has 0 aromatic carbocycles. The fourth-order valence-electron chi connectivity index (χ4n) is 2.93. The smallest absolute Gasteiger partial charge is 0.238 e. The quantitative estimate of drug-likeness (QED) is 0.695. The molecule has 1 saturated carbocycles. The molecular formula is C14H11N7O. The van der Waals surface area contributed by atoms with E-state index in [0.29, 0.717) is 28.7 Å². The van der Waals surface area contributed by atoms with E-state index < -0.39 is 5.41 Å². The van der Waals surface area contributed by atoms with Gasteiger partial charge < -0.3 is 5.32 Å². The van der Waals surface area contributed by atoms with Gasteiger partial charge in [0.1, 0.15) is 11.4 Å². The largest absolute Gasteiger partial charge is 0.308 e. The van der Waals surface area contributed by atoms with Crippen LogP contribution in [-0.4, -0.2) is 36.3 Å². The second-order valence-corrected chi connectivity index (χ2v) is 5.79. The lowest BCUT2D eigenvalue weighted by Gasteiger charge is -2.02. The summed E-state index contributed by atoms with van der Waals surface area (Å²) in [5, 5.41) is 19.1. The molecule has 2 N–H and O–H groups in total. The van der Waals surface area contributed by atoms with Gasteiger partial charge in [-0.25, -0.2) is 9.97 Å². The highest BCUT2D eigenvalue weighted by molar-refractivity contribution is 6.06. The molecule has 108 valence electrons. The van der Waals surface area contributed by atoms with Crippen LogP contribution in [0.25, 0.3) is 22.6 Å². The summed E-state index contributed by atoms with van der Waals surface area (Å²) in [6.07, 6.45) is 1.63. The second kappa shape index (κ2) is 3.65. The first-order valence-corrected chi connectivity index (χ1v) is 7.06. The third-order valence-corrected chi connectivity index (χ3v) is 4.34. The molecule has 1 amide bonds. The number of aryl methyl sites for hydroxylation is 1. The zero-order chi connectivity index (χ0) is 14.9. The molecule has 8 nitrogen and oxygen atoms in total. The number of rotatable bonds is 1. The van der Waals surface area contributed by atoms with Crippen molar-refractivity contribution in [1.82, 2.24) is 30.4 Å². The van der Waals surface area contributed by atoms with Crippen molar-refractivity contribution in [2.75, 3.05) is 5.32 Å². The molecule has 8 heteroatoms. The summed E-state index contributed by atoms with van der Waals surface area (Å²) >= 11 is 0. The summed E-state index contributed by atoms with van der Waals surface area (Å²) in [5.74, 6) is 0.897. The summed E-state index contributed by atoms with van der Waals surface area (Å²) in [6.45, 7) is 1.91. The Bertz CT molecular complexity index is 957. The van der Waals surface area contributed by atoms with Gasteiger partial charge in [-0.05, 0) is 31.9 Å². The van der Waals surface area contributed by atoms with Crippen molar-refractivity contribution < 1.29 is 4.79 Å². The van der Waals surface area contributed by atoms with Gasteiger partial charge in [0.25, 0.3) is 0 Å². The molecule has 4 heterocycles. The maximum absolute atomic E-state index is 12.0. The normalized spacial score (nSPS) is 17.8. The predicted octanol–water partition coefficient (Wildman–Crippen LogP) is 1.10. The van der Waals surface area contributed by atoms with E-state index in [1.165, 1.54) is 0 Å². The number of carbonyl (C=O) groups excluding carboxylic acids is 1. The van der Waals surface area contributed by atoms with Crippen LogP contribution in [0.15, 0.2) is 12.1 Å². The zero-order valence-electron chi connectivity index (χ0n) is 11.7. The van der Waals surface area contributed by atoms with Gasteiger partial charge >= 0.3 is 0 Å². The van der Waals surface area contributed by atoms with Crippen LogP contribution < -0.4 is 5.32 Å². The maximum atomic E-state index is 12.0. The summed E-state index contributed by atoms with van der Waals surface area (Å²) in [4.78, 5) is 20.8. The number of nitrogens with zero attached hydrogens (tertiary/aromatic N) is 5. The van der Waals surface area contributed by atoms with Crippen LogP contribution in [0, 0.1) is 6.92 Å². The van der Waals surface area contributed by atoms with E-state index in [1.54, 1.807) is 0 Å². The molecule has 0 unspecified atom stereocenters. The molecule has 3 aromatic rings. The Balaban J connectivity index is 1.67. The van der Waals surface area contributed by atoms with Gasteiger partial charge in [0, 0.05) is 5.69 Å². The lowest BCUT2D eigenvalue weighted by Crippen LogP contribution is -2.19. The van der Waals surface area contributed by atoms with Gasteiger partial charge in [-0.3, -0.25) is 9.89 Å². The Morgan fingerprint density at radius 3 is 2.86 bits per heavy atom. The summed E-state index contributed by atoms with van der Waals surface area (Å²) in [5.41, 5.74) is 2.36. The third kappa shape index (κ3) is 1.36. The van der Waals surface area contributed by atoms with Crippen molar-refractivity contribution in [3.63, 3.8) is 0 Å². The minimum Gasteiger partial charge on any atom is -0.308 e. The van der Waals surface area contributed by atoms with Crippen molar-refractivity contribution in [1.29, 1.82) is 0 Å². The number of fused-ring (bicyclic) bond motifs is 3. The van der Waals surface area contributed by atoms with Gasteiger partial charge in [0.15, 0.2) is 11.5 Å². The lowest BCUT2D eigenvalue weighted by atomic mass is 10.1. The van der Waals surface area contributed by atoms with Gasteiger partial charge in [0.2, 0.25) is 11.7 Å². The van der Waals surface area contributed by atoms with Crippen LogP contribution in [0.2, 0.25) is 0 Å². The molecule has 1 fully saturated rings. The molecular weight excluding hydrogens is 282 g/mol. The van der Waals surface area contributed by atoms with E-state index in [0.717, 1.165) is 23.9 Å². The van der Waals surface area contributed by atoms with Crippen LogP contribution in [0.1, 0.15) is 24.2 Å². The first-order valence-electron chi connectivity index (χ1n) is 7.06. The van der Waals surface area contributed by atoms with Crippen LogP contribution in [0.4, 0.5) is 5.82 Å². The highest BCUT2D eigenvalue weighted by Gasteiger charge is 2.58. The second-order valence-electron chi connectivity index (χ2n) is 5.79. The van der Waals surface area contributed by atoms with Gasteiger partial charge in [-0.2, -0.15) is 5.10 Å². The molecule has 1 aliphatic carbocycles. The SMILES string of the molecule is Cc1ccc2c(-c3nnc4c(n3)NC(=O)C43CC3)[nH]nc2n1. The fourth-order valence-corrected chi connectivity index (χ4v) is 2.93. The van der Waals surface area contributed by atoms with E-state index in [1.807, 2.05) is 19.1 Å². The summed E-state index contributed by atoms with van der Waals surface area (Å²) in [7, 11) is 0. The average molecular weight is 293 g/mol. The molecule has 1 aliphatic heterocycles. The number of aromatic amines is 1. The first-order chi connectivity index (χ1) is 10.7. The number of carbonyl (C=O) groups is 1. The Kier molecular flexibility index (Phi) is 1.94. The van der Waals surface area contributed by atoms with Gasteiger partial charge in [-0.15, -0.1) is 10.2 Å². The number of hydrogen-bond donors (Lipinski definition) is 2. The van der Waals surface area contributed by atoms with Crippen LogP contribution in [0.5, 0.6) is 0 Å². The topological polar surface area (TPSA) is 109 Å².